The van der Waals surface area contributed by atoms with Crippen molar-refractivity contribution in [3.63, 3.8) is 0 Å². The Morgan fingerprint density at radius 2 is 2.21 bits per heavy atom. The first-order valence-corrected chi connectivity index (χ1v) is 7.68. The quantitative estimate of drug-likeness (QED) is 0.863. The number of hydrogen-bond acceptors (Lipinski definition) is 6. The molecule has 1 amide bonds. The third-order valence-electron chi connectivity index (χ3n) is 3.99. The molecular weight excluding hydrogens is 306 g/mol. The van der Waals surface area contributed by atoms with E-state index in [9.17, 15) is 9.90 Å². The smallest absolute Gasteiger partial charge is 0.270 e. The first-order chi connectivity index (χ1) is 11.7. The standard InChI is InChI=1S/C17H17N5O2/c18-10-12-4-7-20-16(9-12)22-8-5-13(15(23)11-22)21-17(24)14-3-1-2-6-19-14/h1-4,6-7,9,13,15,23H,5,8,11H2,(H,21,24). The van der Waals surface area contributed by atoms with E-state index in [0.29, 0.717) is 36.6 Å². The molecule has 0 aliphatic carbocycles. The number of pyridine rings is 2. The monoisotopic (exact) mass is 323 g/mol. The van der Waals surface area contributed by atoms with Gasteiger partial charge in [-0.05, 0) is 30.7 Å². The Balaban J connectivity index is 1.63. The summed E-state index contributed by atoms with van der Waals surface area (Å²) in [6, 6.07) is 10.2. The molecule has 0 radical (unpaired) electrons. The maximum absolute atomic E-state index is 12.1. The number of nitrogens with one attached hydrogen (secondary N) is 1. The van der Waals surface area contributed by atoms with Crippen molar-refractivity contribution in [3.05, 3.63) is 54.0 Å². The third-order valence-corrected chi connectivity index (χ3v) is 3.99. The number of hydrogen-bond donors (Lipinski definition) is 2. The average Bonchev–Trinajstić information content (AvgIpc) is 2.64. The summed E-state index contributed by atoms with van der Waals surface area (Å²) >= 11 is 0. The number of nitriles is 1. The number of rotatable bonds is 3. The van der Waals surface area contributed by atoms with Crippen molar-refractivity contribution in [1.82, 2.24) is 15.3 Å². The number of piperidine rings is 1. The number of anilines is 1. The van der Waals surface area contributed by atoms with Crippen LogP contribution in [0.15, 0.2) is 42.7 Å². The molecule has 0 saturated carbocycles. The Morgan fingerprint density at radius 3 is 2.92 bits per heavy atom. The molecule has 1 saturated heterocycles. The lowest BCUT2D eigenvalue weighted by atomic mass is 10.0. The molecule has 0 aromatic carbocycles. The summed E-state index contributed by atoms with van der Waals surface area (Å²) in [5.74, 6) is 0.361. The van der Waals surface area contributed by atoms with Gasteiger partial charge in [0, 0.05) is 25.5 Å². The van der Waals surface area contributed by atoms with Gasteiger partial charge in [-0.3, -0.25) is 9.78 Å². The van der Waals surface area contributed by atoms with Crippen LogP contribution in [0.2, 0.25) is 0 Å². The number of carbonyl (C=O) groups excluding carboxylic acids is 1. The van der Waals surface area contributed by atoms with Gasteiger partial charge >= 0.3 is 0 Å². The Hall–Kier alpha value is -2.98. The van der Waals surface area contributed by atoms with E-state index in [1.54, 1.807) is 42.7 Å². The van der Waals surface area contributed by atoms with Crippen molar-refractivity contribution in [2.45, 2.75) is 18.6 Å². The maximum atomic E-state index is 12.1. The molecule has 1 aliphatic rings. The van der Waals surface area contributed by atoms with Crippen LogP contribution < -0.4 is 10.2 Å². The predicted octanol–water partition coefficient (Wildman–Crippen LogP) is 0.718. The van der Waals surface area contributed by atoms with Gasteiger partial charge in [0.2, 0.25) is 0 Å². The van der Waals surface area contributed by atoms with Crippen LogP contribution in [0.4, 0.5) is 5.82 Å². The highest BCUT2D eigenvalue weighted by molar-refractivity contribution is 5.92. The fourth-order valence-corrected chi connectivity index (χ4v) is 2.71. The van der Waals surface area contributed by atoms with Crippen LogP contribution >= 0.6 is 0 Å². The van der Waals surface area contributed by atoms with Gasteiger partial charge in [0.25, 0.3) is 5.91 Å². The molecule has 2 N–H and O–H groups in total. The minimum atomic E-state index is -0.723. The fourth-order valence-electron chi connectivity index (χ4n) is 2.71. The van der Waals surface area contributed by atoms with Crippen molar-refractivity contribution in [2.24, 2.45) is 0 Å². The number of nitrogens with zero attached hydrogens (tertiary/aromatic N) is 4. The summed E-state index contributed by atoms with van der Waals surface area (Å²) in [4.78, 5) is 22.3. The topological polar surface area (TPSA) is 102 Å². The number of aromatic nitrogens is 2. The van der Waals surface area contributed by atoms with Crippen molar-refractivity contribution >= 4 is 11.7 Å². The first-order valence-electron chi connectivity index (χ1n) is 7.68. The summed E-state index contributed by atoms with van der Waals surface area (Å²) in [7, 11) is 0. The Kier molecular flexibility index (Phi) is 4.68. The summed E-state index contributed by atoms with van der Waals surface area (Å²) in [6.45, 7) is 0.973. The predicted molar refractivity (Wildman–Crippen MR) is 87.3 cm³/mol. The van der Waals surface area contributed by atoms with Gasteiger partial charge in [-0.2, -0.15) is 5.26 Å². The number of carbonyl (C=O) groups is 1. The summed E-state index contributed by atoms with van der Waals surface area (Å²) < 4.78 is 0. The molecule has 3 rings (SSSR count). The van der Waals surface area contributed by atoms with E-state index in [-0.39, 0.29) is 11.9 Å². The fraction of sp³-hybridized carbons (Fsp3) is 0.294. The molecule has 0 spiro atoms. The van der Waals surface area contributed by atoms with E-state index in [4.69, 9.17) is 5.26 Å². The highest BCUT2D eigenvalue weighted by atomic mass is 16.3. The highest BCUT2D eigenvalue weighted by Crippen LogP contribution is 2.19. The second-order valence-corrected chi connectivity index (χ2v) is 5.61. The lowest BCUT2D eigenvalue weighted by molar-refractivity contribution is 0.0793. The summed E-state index contributed by atoms with van der Waals surface area (Å²) in [5, 5.41) is 22.1. The number of amides is 1. The summed E-state index contributed by atoms with van der Waals surface area (Å²) in [6.07, 6.45) is 2.99. The lowest BCUT2D eigenvalue weighted by Crippen LogP contribution is -2.54. The molecule has 1 fully saturated rings. The van der Waals surface area contributed by atoms with Crippen molar-refractivity contribution in [1.29, 1.82) is 5.26 Å². The van der Waals surface area contributed by atoms with Gasteiger partial charge in [-0.15, -0.1) is 0 Å². The van der Waals surface area contributed by atoms with Crippen molar-refractivity contribution < 1.29 is 9.90 Å². The zero-order chi connectivity index (χ0) is 16.9. The molecule has 3 heterocycles. The van der Waals surface area contributed by atoms with Gasteiger partial charge in [0.05, 0.1) is 23.8 Å². The normalized spacial score (nSPS) is 20.2. The van der Waals surface area contributed by atoms with Crippen LogP contribution in [0.3, 0.4) is 0 Å². The van der Waals surface area contributed by atoms with Crippen molar-refractivity contribution in [2.75, 3.05) is 18.0 Å². The second kappa shape index (κ2) is 7.06. The molecule has 7 heteroatoms. The van der Waals surface area contributed by atoms with E-state index in [1.807, 2.05) is 4.90 Å². The molecule has 1 aliphatic heterocycles. The molecule has 2 aromatic rings. The molecule has 24 heavy (non-hydrogen) atoms. The van der Waals surface area contributed by atoms with Crippen LogP contribution in [0.1, 0.15) is 22.5 Å². The van der Waals surface area contributed by atoms with Crippen LogP contribution in [-0.4, -0.2) is 46.2 Å². The van der Waals surface area contributed by atoms with Crippen LogP contribution in [0, 0.1) is 11.3 Å². The van der Waals surface area contributed by atoms with Crippen molar-refractivity contribution in [3.8, 4) is 6.07 Å². The number of β-amino-alcohol motifs (C(OH)–C–C–N with tert-alkyl or cyclic N) is 1. The van der Waals surface area contributed by atoms with Gasteiger partial charge in [-0.25, -0.2) is 4.98 Å². The SMILES string of the molecule is N#Cc1ccnc(N2CCC(NC(=O)c3ccccn3)C(O)C2)c1. The third kappa shape index (κ3) is 3.50. The van der Waals surface area contributed by atoms with Crippen LogP contribution in [-0.2, 0) is 0 Å². The molecule has 0 bridgehead atoms. The van der Waals surface area contributed by atoms with E-state index >= 15 is 0 Å². The molecule has 122 valence electrons. The summed E-state index contributed by atoms with van der Waals surface area (Å²) in [5.41, 5.74) is 0.857. The van der Waals surface area contributed by atoms with Gasteiger partial charge in [0.15, 0.2) is 0 Å². The number of aliphatic hydroxyl groups is 1. The Morgan fingerprint density at radius 1 is 1.33 bits per heavy atom. The Bertz CT molecular complexity index is 759. The molecule has 2 atom stereocenters. The van der Waals surface area contributed by atoms with Gasteiger partial charge in [0.1, 0.15) is 11.5 Å². The largest absolute Gasteiger partial charge is 0.389 e. The van der Waals surface area contributed by atoms with E-state index in [0.717, 1.165) is 0 Å². The average molecular weight is 323 g/mol. The minimum absolute atomic E-state index is 0.294. The zero-order valence-corrected chi connectivity index (χ0v) is 13.0. The minimum Gasteiger partial charge on any atom is -0.389 e. The molecule has 2 aromatic heterocycles. The van der Waals surface area contributed by atoms with E-state index < -0.39 is 6.10 Å². The van der Waals surface area contributed by atoms with E-state index in [2.05, 4.69) is 21.4 Å². The number of aliphatic hydroxyl groups excluding tert-OH is 1. The van der Waals surface area contributed by atoms with Crippen LogP contribution in [0.25, 0.3) is 0 Å². The second-order valence-electron chi connectivity index (χ2n) is 5.61. The maximum Gasteiger partial charge on any atom is 0.270 e. The molecule has 2 unspecified atom stereocenters. The van der Waals surface area contributed by atoms with E-state index in [1.165, 1.54) is 0 Å². The first kappa shape index (κ1) is 15.9. The lowest BCUT2D eigenvalue weighted by Gasteiger charge is -2.36. The molecule has 7 nitrogen and oxygen atoms in total. The zero-order valence-electron chi connectivity index (χ0n) is 13.0. The Labute approximate surface area is 139 Å². The highest BCUT2D eigenvalue weighted by Gasteiger charge is 2.30. The van der Waals surface area contributed by atoms with Crippen LogP contribution in [0.5, 0.6) is 0 Å². The molecular formula is C17H17N5O2. The van der Waals surface area contributed by atoms with Gasteiger partial charge in [-0.1, -0.05) is 6.07 Å². The van der Waals surface area contributed by atoms with Gasteiger partial charge < -0.3 is 15.3 Å².